The molecule has 3 unspecified atom stereocenters. The summed E-state index contributed by atoms with van der Waals surface area (Å²) in [6.07, 6.45) is 0.541. The van der Waals surface area contributed by atoms with E-state index in [0.29, 0.717) is 19.8 Å². The molecule has 3 atom stereocenters. The van der Waals surface area contributed by atoms with Crippen molar-refractivity contribution in [3.63, 3.8) is 0 Å². The number of fused-ring (bicyclic) bond motifs is 3. The molecule has 3 aliphatic rings. The lowest BCUT2D eigenvalue weighted by atomic mass is 10.1. The van der Waals surface area contributed by atoms with E-state index in [2.05, 4.69) is 47.2 Å². The third-order valence-electron chi connectivity index (χ3n) is 6.07. The van der Waals surface area contributed by atoms with Gasteiger partial charge in [0.2, 0.25) is 0 Å². The number of amides is 3. The number of rotatable bonds is 5. The number of hydrogen-bond donors (Lipinski definition) is 1. The molecule has 1 N–H and O–H groups in total. The number of urea groups is 1. The monoisotopic (exact) mass is 401 g/mol. The molecule has 0 saturated carbocycles. The Bertz CT molecular complexity index is 780. The average molecular weight is 402 g/mol. The van der Waals surface area contributed by atoms with E-state index in [0.717, 1.165) is 25.2 Å². The first-order valence-corrected chi connectivity index (χ1v) is 10.4. The molecule has 3 aliphatic heterocycles. The van der Waals surface area contributed by atoms with Crippen molar-refractivity contribution in [2.24, 2.45) is 0 Å². The quantitative estimate of drug-likeness (QED) is 0.751. The number of aryl methyl sites for hydroxylation is 2. The topological polar surface area (TPSA) is 68.4 Å². The van der Waals surface area contributed by atoms with Crippen LogP contribution in [0.15, 0.2) is 18.2 Å². The fourth-order valence-corrected chi connectivity index (χ4v) is 4.81. The zero-order valence-corrected chi connectivity index (χ0v) is 17.7. The van der Waals surface area contributed by atoms with Crippen LogP contribution in [0.1, 0.15) is 24.5 Å². The van der Waals surface area contributed by atoms with Crippen LogP contribution in [0.5, 0.6) is 0 Å². The minimum atomic E-state index is -0.377. The summed E-state index contributed by atoms with van der Waals surface area (Å²) in [5.41, 5.74) is 3.59. The minimum Gasteiger partial charge on any atom is -0.380 e. The van der Waals surface area contributed by atoms with Crippen LogP contribution in [0.25, 0.3) is 0 Å². The van der Waals surface area contributed by atoms with Gasteiger partial charge in [0.1, 0.15) is 18.5 Å². The van der Waals surface area contributed by atoms with E-state index in [1.165, 1.54) is 16.0 Å². The van der Waals surface area contributed by atoms with Gasteiger partial charge in [0.05, 0.1) is 13.2 Å². The normalized spacial score (nSPS) is 27.4. The van der Waals surface area contributed by atoms with E-state index in [4.69, 9.17) is 4.74 Å². The van der Waals surface area contributed by atoms with E-state index in [1.807, 2.05) is 6.92 Å². The number of nitrogens with one attached hydrogen (secondary N) is 1. The molecule has 3 amide bonds. The summed E-state index contributed by atoms with van der Waals surface area (Å²) in [5.74, 6) is -0.130. The summed E-state index contributed by atoms with van der Waals surface area (Å²) in [6, 6.07) is 5.90. The summed E-state index contributed by atoms with van der Waals surface area (Å²) in [4.78, 5) is 33.6. The van der Waals surface area contributed by atoms with Gasteiger partial charge in [-0.1, -0.05) is 6.07 Å². The molecule has 29 heavy (non-hydrogen) atoms. The highest BCUT2D eigenvalue weighted by atomic mass is 16.5. The van der Waals surface area contributed by atoms with Crippen molar-refractivity contribution in [2.75, 3.05) is 44.8 Å². The highest BCUT2D eigenvalue weighted by Gasteiger charge is 2.55. The summed E-state index contributed by atoms with van der Waals surface area (Å²) in [7, 11) is 1.77. The van der Waals surface area contributed by atoms with Gasteiger partial charge in [-0.05, 0) is 50.5 Å². The molecule has 8 heteroatoms. The number of carbonyl (C=O) groups excluding carboxylic acids is 2. The lowest BCUT2D eigenvalue weighted by Crippen LogP contribution is -2.66. The Hall–Kier alpha value is -2.16. The smallest absolute Gasteiger partial charge is 0.327 e. The van der Waals surface area contributed by atoms with Crippen LogP contribution in [0.2, 0.25) is 0 Å². The molecule has 3 fully saturated rings. The molecule has 0 bridgehead atoms. The minimum absolute atomic E-state index is 0.106. The first-order valence-electron chi connectivity index (χ1n) is 10.4. The molecule has 1 aromatic rings. The predicted octanol–water partition coefficient (Wildman–Crippen LogP) is 1.33. The third-order valence-corrected chi connectivity index (χ3v) is 6.07. The van der Waals surface area contributed by atoms with Gasteiger partial charge in [-0.2, -0.15) is 0 Å². The van der Waals surface area contributed by atoms with Crippen LogP contribution in [-0.2, 0) is 9.53 Å². The van der Waals surface area contributed by atoms with Gasteiger partial charge in [0.15, 0.2) is 0 Å². The molecule has 1 aromatic carbocycles. The summed E-state index contributed by atoms with van der Waals surface area (Å²) in [6.45, 7) is 9.08. The Morgan fingerprint density at radius 3 is 2.55 bits per heavy atom. The molecular weight excluding hydrogens is 370 g/mol. The van der Waals surface area contributed by atoms with Crippen molar-refractivity contribution in [1.29, 1.82) is 0 Å². The SMILES string of the molecule is CCOCCN1C(=O)C2C(NC3N(c4cc(C)cc(C)c4)CCCN23)N(C)C1=O. The molecule has 158 valence electrons. The molecule has 0 radical (unpaired) electrons. The van der Waals surface area contributed by atoms with Gasteiger partial charge in [-0.25, -0.2) is 4.79 Å². The van der Waals surface area contributed by atoms with E-state index >= 15 is 0 Å². The number of likely N-dealkylation sites (N-methyl/N-ethyl adjacent to an activating group) is 1. The van der Waals surface area contributed by atoms with Gasteiger partial charge < -0.3 is 14.5 Å². The summed E-state index contributed by atoms with van der Waals surface area (Å²) < 4.78 is 5.38. The number of benzene rings is 1. The molecule has 3 saturated heterocycles. The van der Waals surface area contributed by atoms with Crippen molar-refractivity contribution >= 4 is 17.6 Å². The molecule has 0 aromatic heterocycles. The fraction of sp³-hybridized carbons (Fsp3) is 0.619. The van der Waals surface area contributed by atoms with Crippen LogP contribution in [-0.4, -0.2) is 85.0 Å². The number of nitrogens with zero attached hydrogens (tertiary/aromatic N) is 4. The molecule has 3 heterocycles. The maximum Gasteiger partial charge on any atom is 0.327 e. The lowest BCUT2D eigenvalue weighted by Gasteiger charge is -2.44. The number of hydrogen-bond acceptors (Lipinski definition) is 6. The lowest BCUT2D eigenvalue weighted by molar-refractivity contribution is -0.139. The second kappa shape index (κ2) is 7.93. The second-order valence-electron chi connectivity index (χ2n) is 8.14. The number of carbonyl (C=O) groups is 2. The van der Waals surface area contributed by atoms with Gasteiger partial charge in [-0.3, -0.25) is 19.9 Å². The van der Waals surface area contributed by atoms with Crippen molar-refractivity contribution in [2.45, 2.75) is 45.7 Å². The Morgan fingerprint density at radius 2 is 1.86 bits per heavy atom. The van der Waals surface area contributed by atoms with Crippen LogP contribution in [0.3, 0.4) is 0 Å². The third kappa shape index (κ3) is 3.49. The van der Waals surface area contributed by atoms with E-state index in [1.54, 1.807) is 11.9 Å². The zero-order chi connectivity index (χ0) is 20.7. The van der Waals surface area contributed by atoms with Crippen LogP contribution >= 0.6 is 0 Å². The first-order chi connectivity index (χ1) is 13.9. The Kier molecular flexibility index (Phi) is 5.50. The highest BCUT2D eigenvalue weighted by Crippen LogP contribution is 2.33. The standard InChI is InChI=1S/C21H31N5O3/c1-5-29-10-9-26-19(27)17-18(23(4)21(26)28)22-20-24(7-6-8-25(17)20)16-12-14(2)11-15(3)13-16/h11-13,17-18,20,22H,5-10H2,1-4H3. The van der Waals surface area contributed by atoms with E-state index in [-0.39, 0.29) is 30.4 Å². The van der Waals surface area contributed by atoms with Gasteiger partial charge in [-0.15, -0.1) is 0 Å². The fourth-order valence-electron chi connectivity index (χ4n) is 4.81. The molecular formula is C21H31N5O3. The van der Waals surface area contributed by atoms with E-state index < -0.39 is 0 Å². The number of ether oxygens (including phenoxy) is 1. The average Bonchev–Trinajstić information content (AvgIpc) is 3.08. The first kappa shape index (κ1) is 20.1. The summed E-state index contributed by atoms with van der Waals surface area (Å²) in [5, 5.41) is 3.56. The molecule has 0 aliphatic carbocycles. The van der Waals surface area contributed by atoms with E-state index in [9.17, 15) is 9.59 Å². The van der Waals surface area contributed by atoms with Crippen molar-refractivity contribution < 1.29 is 14.3 Å². The van der Waals surface area contributed by atoms with Crippen LogP contribution < -0.4 is 10.2 Å². The van der Waals surface area contributed by atoms with Crippen molar-refractivity contribution in [1.82, 2.24) is 20.0 Å². The second-order valence-corrected chi connectivity index (χ2v) is 8.14. The molecule has 0 spiro atoms. The van der Waals surface area contributed by atoms with Gasteiger partial charge in [0, 0.05) is 32.4 Å². The Morgan fingerprint density at radius 1 is 1.14 bits per heavy atom. The number of anilines is 1. The van der Waals surface area contributed by atoms with Crippen LogP contribution in [0.4, 0.5) is 10.5 Å². The Labute approximate surface area is 172 Å². The van der Waals surface area contributed by atoms with Crippen LogP contribution in [0, 0.1) is 13.8 Å². The maximum atomic E-state index is 13.3. The largest absolute Gasteiger partial charge is 0.380 e. The van der Waals surface area contributed by atoms with Gasteiger partial charge >= 0.3 is 6.03 Å². The predicted molar refractivity (Wildman–Crippen MR) is 110 cm³/mol. The summed E-state index contributed by atoms with van der Waals surface area (Å²) >= 11 is 0. The zero-order valence-electron chi connectivity index (χ0n) is 17.7. The van der Waals surface area contributed by atoms with Crippen molar-refractivity contribution in [3.8, 4) is 0 Å². The van der Waals surface area contributed by atoms with Gasteiger partial charge in [0.25, 0.3) is 5.91 Å². The van der Waals surface area contributed by atoms with Crippen molar-refractivity contribution in [3.05, 3.63) is 29.3 Å². The maximum absolute atomic E-state index is 13.3. The Balaban J connectivity index is 1.61. The molecule has 4 rings (SSSR count). The molecule has 8 nitrogen and oxygen atoms in total. The number of imide groups is 1. The highest BCUT2D eigenvalue weighted by molar-refractivity contribution is 6.00.